The van der Waals surface area contributed by atoms with Crippen LogP contribution in [0.5, 0.6) is 0 Å². The quantitative estimate of drug-likeness (QED) is 0.603. The molecule has 2 N–H and O–H groups in total. The van der Waals surface area contributed by atoms with Gasteiger partial charge >= 0.3 is 12.0 Å². The van der Waals surface area contributed by atoms with Crippen molar-refractivity contribution in [3.8, 4) is 0 Å². The van der Waals surface area contributed by atoms with Gasteiger partial charge in [0.1, 0.15) is 0 Å². The number of rotatable bonds is 7. The van der Waals surface area contributed by atoms with E-state index in [-0.39, 0.29) is 6.03 Å². The van der Waals surface area contributed by atoms with E-state index < -0.39 is 5.97 Å². The zero-order valence-corrected chi connectivity index (χ0v) is 13.7. The maximum absolute atomic E-state index is 11.9. The van der Waals surface area contributed by atoms with Crippen LogP contribution in [-0.4, -0.2) is 25.7 Å². The molecule has 0 bridgehead atoms. The number of carbonyl (C=O) groups excluding carboxylic acids is 2. The minimum atomic E-state index is -0.431. The fourth-order valence-corrected chi connectivity index (χ4v) is 2.32. The van der Waals surface area contributed by atoms with Crippen LogP contribution >= 0.6 is 0 Å². The lowest BCUT2D eigenvalue weighted by atomic mass is 10.1. The van der Waals surface area contributed by atoms with Crippen LogP contribution in [0.25, 0.3) is 0 Å². The maximum Gasteiger partial charge on any atom is 0.337 e. The summed E-state index contributed by atoms with van der Waals surface area (Å²) in [4.78, 5) is 23.3. The maximum atomic E-state index is 11.9. The van der Waals surface area contributed by atoms with Crippen LogP contribution in [0.1, 0.15) is 28.8 Å². The smallest absolute Gasteiger partial charge is 0.337 e. The van der Waals surface area contributed by atoms with Crippen molar-refractivity contribution in [3.05, 3.63) is 65.7 Å². The predicted octanol–water partition coefficient (Wildman–Crippen LogP) is 3.62. The second-order valence-corrected chi connectivity index (χ2v) is 5.40. The molecule has 0 spiro atoms. The third-order valence-electron chi connectivity index (χ3n) is 3.56. The molecule has 0 unspecified atom stereocenters. The lowest BCUT2D eigenvalue weighted by Crippen LogP contribution is -2.29. The van der Waals surface area contributed by atoms with Gasteiger partial charge in [-0.1, -0.05) is 36.4 Å². The third-order valence-corrected chi connectivity index (χ3v) is 3.56. The van der Waals surface area contributed by atoms with Gasteiger partial charge in [0, 0.05) is 12.2 Å². The highest BCUT2D eigenvalue weighted by molar-refractivity contribution is 5.93. The number of hydrogen-bond acceptors (Lipinski definition) is 3. The first-order valence-corrected chi connectivity index (χ1v) is 7.96. The van der Waals surface area contributed by atoms with Gasteiger partial charge in [0.2, 0.25) is 0 Å². The molecule has 24 heavy (non-hydrogen) atoms. The normalized spacial score (nSPS) is 10.0. The number of anilines is 1. The van der Waals surface area contributed by atoms with Gasteiger partial charge in [0.05, 0.1) is 12.7 Å². The highest BCUT2D eigenvalue weighted by Crippen LogP contribution is 2.11. The molecular formula is C19H22N2O3. The van der Waals surface area contributed by atoms with Crippen molar-refractivity contribution in [2.24, 2.45) is 0 Å². The lowest BCUT2D eigenvalue weighted by Gasteiger charge is -2.08. The Morgan fingerprint density at radius 1 is 1.00 bits per heavy atom. The molecule has 0 fully saturated rings. The van der Waals surface area contributed by atoms with Crippen molar-refractivity contribution in [1.29, 1.82) is 0 Å². The lowest BCUT2D eigenvalue weighted by molar-refractivity contribution is 0.0600. The second kappa shape index (κ2) is 9.35. The van der Waals surface area contributed by atoms with E-state index in [1.54, 1.807) is 24.3 Å². The molecule has 126 valence electrons. The van der Waals surface area contributed by atoms with Crippen molar-refractivity contribution in [3.63, 3.8) is 0 Å². The van der Waals surface area contributed by atoms with Crippen molar-refractivity contribution >= 4 is 17.7 Å². The summed E-state index contributed by atoms with van der Waals surface area (Å²) in [6.07, 6.45) is 2.93. The van der Waals surface area contributed by atoms with E-state index in [1.165, 1.54) is 12.7 Å². The van der Waals surface area contributed by atoms with E-state index in [1.807, 2.05) is 18.2 Å². The molecular weight excluding hydrogens is 304 g/mol. The van der Waals surface area contributed by atoms with Crippen molar-refractivity contribution in [2.45, 2.75) is 19.3 Å². The zero-order chi connectivity index (χ0) is 17.2. The molecule has 0 atom stereocenters. The summed E-state index contributed by atoms with van der Waals surface area (Å²) in [6.45, 7) is 0.607. The number of methoxy groups -OCH3 is 1. The van der Waals surface area contributed by atoms with E-state index in [0.29, 0.717) is 17.8 Å². The monoisotopic (exact) mass is 326 g/mol. The Balaban J connectivity index is 1.69. The number of hydrogen-bond donors (Lipinski definition) is 2. The number of aryl methyl sites for hydroxylation is 1. The summed E-state index contributed by atoms with van der Waals surface area (Å²) < 4.78 is 4.66. The number of urea groups is 1. The van der Waals surface area contributed by atoms with Gasteiger partial charge < -0.3 is 15.4 Å². The number of ether oxygens (including phenoxy) is 1. The minimum Gasteiger partial charge on any atom is -0.465 e. The van der Waals surface area contributed by atoms with Crippen LogP contribution in [-0.2, 0) is 11.2 Å². The Bertz CT molecular complexity index is 671. The number of carbonyl (C=O) groups is 2. The fourth-order valence-electron chi connectivity index (χ4n) is 2.32. The molecule has 0 aliphatic carbocycles. The topological polar surface area (TPSA) is 67.4 Å². The molecule has 5 heteroatoms. The van der Waals surface area contributed by atoms with Gasteiger partial charge in [-0.05, 0) is 43.0 Å². The summed E-state index contributed by atoms with van der Waals surface area (Å²) in [6, 6.07) is 16.6. The Kier molecular flexibility index (Phi) is 6.83. The molecule has 0 heterocycles. The van der Waals surface area contributed by atoms with Crippen LogP contribution in [0.2, 0.25) is 0 Å². The zero-order valence-electron chi connectivity index (χ0n) is 13.7. The van der Waals surface area contributed by atoms with Gasteiger partial charge in [-0.25, -0.2) is 9.59 Å². The minimum absolute atomic E-state index is 0.281. The number of unbranched alkanes of at least 4 members (excludes halogenated alkanes) is 1. The number of amides is 2. The molecule has 0 radical (unpaired) electrons. The Hall–Kier alpha value is -2.82. The molecule has 0 aliphatic rings. The van der Waals surface area contributed by atoms with Gasteiger partial charge in [0.25, 0.3) is 0 Å². The van der Waals surface area contributed by atoms with Gasteiger partial charge in [-0.15, -0.1) is 0 Å². The summed E-state index contributed by atoms with van der Waals surface area (Å²) in [5, 5.41) is 5.53. The molecule has 2 aromatic carbocycles. The summed E-state index contributed by atoms with van der Waals surface area (Å²) >= 11 is 0. The molecule has 5 nitrogen and oxygen atoms in total. The van der Waals surface area contributed by atoms with Crippen LogP contribution in [0, 0.1) is 0 Å². The summed E-state index contributed by atoms with van der Waals surface area (Å²) in [5.74, 6) is -0.431. The number of nitrogens with one attached hydrogen (secondary N) is 2. The second-order valence-electron chi connectivity index (χ2n) is 5.40. The average molecular weight is 326 g/mol. The van der Waals surface area contributed by atoms with Crippen molar-refractivity contribution in [1.82, 2.24) is 5.32 Å². The molecule has 0 saturated carbocycles. The third kappa shape index (κ3) is 5.76. The fraction of sp³-hybridized carbons (Fsp3) is 0.263. The summed E-state index contributed by atoms with van der Waals surface area (Å²) in [5.41, 5.74) is 2.26. The van der Waals surface area contributed by atoms with E-state index in [9.17, 15) is 9.59 Å². The van der Waals surface area contributed by atoms with Gasteiger partial charge in [-0.2, -0.15) is 0 Å². The van der Waals surface area contributed by atoms with E-state index in [0.717, 1.165) is 19.3 Å². The van der Waals surface area contributed by atoms with Gasteiger partial charge in [0.15, 0.2) is 0 Å². The highest BCUT2D eigenvalue weighted by Gasteiger charge is 2.07. The van der Waals surface area contributed by atoms with Gasteiger partial charge in [-0.3, -0.25) is 0 Å². The predicted molar refractivity (Wildman–Crippen MR) is 94.2 cm³/mol. The van der Waals surface area contributed by atoms with Crippen LogP contribution < -0.4 is 10.6 Å². The molecule has 2 aromatic rings. The molecule has 2 amide bonds. The Labute approximate surface area is 142 Å². The van der Waals surface area contributed by atoms with Crippen LogP contribution in [0.4, 0.5) is 10.5 Å². The molecule has 0 aromatic heterocycles. The first-order valence-electron chi connectivity index (χ1n) is 7.96. The number of benzene rings is 2. The molecule has 2 rings (SSSR count). The highest BCUT2D eigenvalue weighted by atomic mass is 16.5. The van der Waals surface area contributed by atoms with Crippen molar-refractivity contribution in [2.75, 3.05) is 19.0 Å². The molecule has 0 saturated heterocycles. The standard InChI is InChI=1S/C19H22N2O3/c1-24-18(22)16-11-7-12-17(14-16)21-19(23)20-13-6-5-10-15-8-3-2-4-9-15/h2-4,7-9,11-12,14H,5-6,10,13H2,1H3,(H2,20,21,23). The number of esters is 1. The first kappa shape index (κ1) is 17.5. The van der Waals surface area contributed by atoms with E-state index in [2.05, 4.69) is 27.5 Å². The Morgan fingerprint density at radius 3 is 2.54 bits per heavy atom. The summed E-state index contributed by atoms with van der Waals surface area (Å²) in [7, 11) is 1.32. The average Bonchev–Trinajstić information content (AvgIpc) is 2.62. The van der Waals surface area contributed by atoms with Crippen LogP contribution in [0.3, 0.4) is 0 Å². The van der Waals surface area contributed by atoms with Crippen LogP contribution in [0.15, 0.2) is 54.6 Å². The van der Waals surface area contributed by atoms with E-state index in [4.69, 9.17) is 0 Å². The largest absolute Gasteiger partial charge is 0.465 e. The first-order chi connectivity index (χ1) is 11.7. The Morgan fingerprint density at radius 2 is 1.79 bits per heavy atom. The van der Waals surface area contributed by atoms with Crippen molar-refractivity contribution < 1.29 is 14.3 Å². The van der Waals surface area contributed by atoms with E-state index >= 15 is 0 Å². The molecule has 0 aliphatic heterocycles. The SMILES string of the molecule is COC(=O)c1cccc(NC(=O)NCCCCc2ccccc2)c1.